The standard InChI is InChI=1S/C35H42N6O7S2/c1-24(2)33(41-16-15-39(35(41)44)20-28-23-49-25(3)37-28)34(43)38-31(18-26-8-5-4-6-9-26)32(42)22-40(21-29-10-7-17-48-29)50(46,47)30-13-11-27(12-14-30)19-36-45/h4-14,17,19,23-24,31-33,42,45H,15-16,18,20-22H2,1-3H3,(H,38,43)/t31-,32+,33-/m0/s1. The smallest absolute Gasteiger partial charge is 0.321 e. The van der Waals surface area contributed by atoms with Gasteiger partial charge < -0.3 is 29.8 Å². The zero-order valence-corrected chi connectivity index (χ0v) is 29.8. The van der Waals surface area contributed by atoms with E-state index in [1.807, 2.05) is 56.5 Å². The molecular formula is C35H42N6O7S2. The summed E-state index contributed by atoms with van der Waals surface area (Å²) in [7, 11) is -4.19. The molecule has 0 unspecified atom stereocenters. The van der Waals surface area contributed by atoms with Crippen LogP contribution in [0.2, 0.25) is 0 Å². The first-order valence-corrected chi connectivity index (χ1v) is 18.6. The number of hydrogen-bond donors (Lipinski definition) is 3. The number of sulfonamides is 1. The van der Waals surface area contributed by atoms with E-state index in [1.165, 1.54) is 48.1 Å². The van der Waals surface area contributed by atoms with Gasteiger partial charge in [-0.25, -0.2) is 18.2 Å². The minimum absolute atomic E-state index is 0.0419. The van der Waals surface area contributed by atoms with Crippen molar-refractivity contribution in [2.45, 2.75) is 63.4 Å². The van der Waals surface area contributed by atoms with E-state index in [4.69, 9.17) is 9.62 Å². The molecule has 266 valence electrons. The van der Waals surface area contributed by atoms with Gasteiger partial charge in [-0.2, -0.15) is 4.31 Å². The number of carbonyl (C=O) groups is 2. The summed E-state index contributed by atoms with van der Waals surface area (Å²) in [5.74, 6) is -0.343. The van der Waals surface area contributed by atoms with Gasteiger partial charge in [0.2, 0.25) is 15.9 Å². The molecule has 0 aliphatic carbocycles. The summed E-state index contributed by atoms with van der Waals surface area (Å²) in [6.45, 7) is 6.21. The zero-order valence-electron chi connectivity index (χ0n) is 28.1. The third-order valence-corrected chi connectivity index (χ3v) is 11.1. The lowest BCUT2D eigenvalue weighted by Crippen LogP contribution is -2.57. The molecule has 1 aliphatic heterocycles. The Bertz CT molecular complexity index is 1850. The Morgan fingerprint density at radius 1 is 1.12 bits per heavy atom. The van der Waals surface area contributed by atoms with E-state index in [2.05, 4.69) is 15.5 Å². The second-order valence-electron chi connectivity index (χ2n) is 12.5. The molecule has 2 aromatic carbocycles. The largest absolute Gasteiger partial charge is 0.468 e. The maximum atomic E-state index is 14.1. The summed E-state index contributed by atoms with van der Waals surface area (Å²) in [4.78, 5) is 35.4. The van der Waals surface area contributed by atoms with E-state index in [-0.39, 0.29) is 36.4 Å². The third kappa shape index (κ3) is 8.96. The second kappa shape index (κ2) is 16.4. The number of oxime groups is 1. The van der Waals surface area contributed by atoms with Crippen molar-refractivity contribution in [2.24, 2.45) is 11.1 Å². The Balaban J connectivity index is 1.39. The number of aliphatic hydroxyl groups is 1. The van der Waals surface area contributed by atoms with Gasteiger partial charge in [0, 0.05) is 25.0 Å². The summed E-state index contributed by atoms with van der Waals surface area (Å²) in [6.07, 6.45) is 1.45. The minimum Gasteiger partial charge on any atom is -0.468 e. The Morgan fingerprint density at radius 3 is 2.48 bits per heavy atom. The predicted molar refractivity (Wildman–Crippen MR) is 188 cm³/mol. The molecule has 4 aromatic rings. The van der Waals surface area contributed by atoms with E-state index in [1.54, 1.807) is 21.9 Å². The van der Waals surface area contributed by atoms with Gasteiger partial charge in [-0.15, -0.1) is 11.3 Å². The van der Waals surface area contributed by atoms with Crippen LogP contribution in [0.15, 0.2) is 92.8 Å². The van der Waals surface area contributed by atoms with Crippen molar-refractivity contribution in [3.8, 4) is 0 Å². The topological polar surface area (TPSA) is 169 Å². The molecule has 3 atom stereocenters. The SMILES string of the molecule is Cc1nc(CN2CCN([C@H](C(=O)N[C@@H](Cc3ccccc3)[C@H](O)CN(Cc3ccco3)S(=O)(=O)c3ccc(C=NO)cc3)C(C)C)C2=O)cs1. The van der Waals surface area contributed by atoms with Crippen molar-refractivity contribution in [2.75, 3.05) is 19.6 Å². The molecule has 2 aromatic heterocycles. The van der Waals surface area contributed by atoms with Crippen LogP contribution in [0.3, 0.4) is 0 Å². The van der Waals surface area contributed by atoms with Crippen LogP contribution in [0.25, 0.3) is 0 Å². The number of furan rings is 1. The number of rotatable bonds is 16. The Kier molecular flexibility index (Phi) is 12.1. The van der Waals surface area contributed by atoms with Crippen LogP contribution in [0.1, 0.15) is 41.4 Å². The number of aliphatic hydroxyl groups excluding tert-OH is 1. The van der Waals surface area contributed by atoms with Crippen molar-refractivity contribution in [3.63, 3.8) is 0 Å². The highest BCUT2D eigenvalue weighted by Gasteiger charge is 2.40. The highest BCUT2D eigenvalue weighted by atomic mass is 32.2. The molecule has 1 fully saturated rings. The average Bonchev–Trinajstić information content (AvgIpc) is 3.84. The van der Waals surface area contributed by atoms with Crippen LogP contribution < -0.4 is 5.32 Å². The molecule has 3 heterocycles. The number of aryl methyl sites for hydroxylation is 1. The van der Waals surface area contributed by atoms with E-state index < -0.39 is 34.1 Å². The van der Waals surface area contributed by atoms with Gasteiger partial charge in [0.1, 0.15) is 11.8 Å². The number of benzene rings is 2. The molecule has 3 N–H and O–H groups in total. The summed E-state index contributed by atoms with van der Waals surface area (Å²) in [6, 6.07) is 16.3. The van der Waals surface area contributed by atoms with Crippen molar-refractivity contribution < 1.29 is 32.7 Å². The lowest BCUT2D eigenvalue weighted by Gasteiger charge is -2.34. The van der Waals surface area contributed by atoms with Gasteiger partial charge in [0.25, 0.3) is 0 Å². The maximum Gasteiger partial charge on any atom is 0.321 e. The summed E-state index contributed by atoms with van der Waals surface area (Å²) < 4.78 is 34.6. The number of hydrogen-bond acceptors (Lipinski definition) is 10. The first-order chi connectivity index (χ1) is 24.0. The maximum absolute atomic E-state index is 14.1. The van der Waals surface area contributed by atoms with Gasteiger partial charge in [0.15, 0.2) is 0 Å². The highest BCUT2D eigenvalue weighted by molar-refractivity contribution is 7.89. The Morgan fingerprint density at radius 2 is 1.86 bits per heavy atom. The van der Waals surface area contributed by atoms with E-state index in [0.717, 1.165) is 20.6 Å². The van der Waals surface area contributed by atoms with Crippen LogP contribution in [0, 0.1) is 12.8 Å². The fourth-order valence-electron chi connectivity index (χ4n) is 6.01. The first-order valence-electron chi connectivity index (χ1n) is 16.2. The van der Waals surface area contributed by atoms with Crippen LogP contribution in [0.4, 0.5) is 4.79 Å². The Hall–Kier alpha value is -4.57. The lowest BCUT2D eigenvalue weighted by molar-refractivity contribution is -0.128. The lowest BCUT2D eigenvalue weighted by atomic mass is 9.98. The molecule has 15 heteroatoms. The number of nitrogens with one attached hydrogen (secondary N) is 1. The number of amides is 3. The molecule has 0 radical (unpaired) electrons. The molecule has 3 amide bonds. The number of aromatic nitrogens is 1. The van der Waals surface area contributed by atoms with E-state index in [9.17, 15) is 23.1 Å². The first kappa shape index (κ1) is 36.7. The normalized spacial score (nSPS) is 15.7. The predicted octanol–water partition coefficient (Wildman–Crippen LogP) is 4.09. The molecular weight excluding hydrogens is 681 g/mol. The van der Waals surface area contributed by atoms with Crippen LogP contribution >= 0.6 is 11.3 Å². The van der Waals surface area contributed by atoms with Gasteiger partial charge in [0.05, 0.1) is 53.3 Å². The quantitative estimate of drug-likeness (QED) is 0.0883. The monoisotopic (exact) mass is 722 g/mol. The van der Waals surface area contributed by atoms with Crippen molar-refractivity contribution in [1.29, 1.82) is 0 Å². The van der Waals surface area contributed by atoms with Crippen molar-refractivity contribution >= 4 is 39.5 Å². The molecule has 5 rings (SSSR count). The van der Waals surface area contributed by atoms with E-state index in [0.29, 0.717) is 31.0 Å². The van der Waals surface area contributed by atoms with Crippen molar-refractivity contribution in [3.05, 3.63) is 106 Å². The molecule has 0 bridgehead atoms. The van der Waals surface area contributed by atoms with Crippen LogP contribution in [-0.2, 0) is 34.3 Å². The number of urea groups is 1. The molecule has 0 saturated carbocycles. The minimum atomic E-state index is -4.19. The molecule has 50 heavy (non-hydrogen) atoms. The zero-order chi connectivity index (χ0) is 35.8. The fourth-order valence-corrected chi connectivity index (χ4v) is 8.04. The molecule has 1 saturated heterocycles. The number of thiazole rings is 1. The highest BCUT2D eigenvalue weighted by Crippen LogP contribution is 2.24. The number of nitrogens with zero attached hydrogens (tertiary/aromatic N) is 5. The molecule has 1 aliphatic rings. The van der Waals surface area contributed by atoms with Crippen LogP contribution in [0.5, 0.6) is 0 Å². The summed E-state index contributed by atoms with van der Waals surface area (Å²) in [5.41, 5.74) is 2.11. The molecule has 13 nitrogen and oxygen atoms in total. The second-order valence-corrected chi connectivity index (χ2v) is 15.5. The number of carbonyl (C=O) groups excluding carboxylic acids is 2. The van der Waals surface area contributed by atoms with Crippen LogP contribution in [-0.4, -0.2) is 93.8 Å². The van der Waals surface area contributed by atoms with Crippen molar-refractivity contribution in [1.82, 2.24) is 24.4 Å². The third-order valence-electron chi connectivity index (χ3n) is 8.50. The Labute approximate surface area is 295 Å². The summed E-state index contributed by atoms with van der Waals surface area (Å²) >= 11 is 1.51. The van der Waals surface area contributed by atoms with E-state index >= 15 is 0 Å². The fraction of sp³-hybridized carbons (Fsp3) is 0.371. The van der Waals surface area contributed by atoms with Gasteiger partial charge >= 0.3 is 6.03 Å². The average molecular weight is 723 g/mol. The summed E-state index contributed by atoms with van der Waals surface area (Å²) in [5, 5.41) is 29.5. The van der Waals surface area contributed by atoms with Gasteiger partial charge in [-0.3, -0.25) is 4.79 Å². The van der Waals surface area contributed by atoms with Gasteiger partial charge in [-0.1, -0.05) is 61.5 Å². The molecule has 0 spiro atoms. The van der Waals surface area contributed by atoms with Gasteiger partial charge in [-0.05, 0) is 54.7 Å².